The summed E-state index contributed by atoms with van der Waals surface area (Å²) in [7, 11) is -1.16. The van der Waals surface area contributed by atoms with E-state index in [2.05, 4.69) is 14.8 Å². The highest BCUT2D eigenvalue weighted by atomic mass is 32.2. The van der Waals surface area contributed by atoms with Crippen LogP contribution in [0.15, 0.2) is 41.3 Å². The lowest BCUT2D eigenvalue weighted by atomic mass is 10.1. The van der Waals surface area contributed by atoms with Gasteiger partial charge in [-0.05, 0) is 34.9 Å². The maximum absolute atomic E-state index is 12.6. The molecule has 0 bridgehead atoms. The predicted octanol–water partition coefficient (Wildman–Crippen LogP) is 1.56. The van der Waals surface area contributed by atoms with Crippen LogP contribution in [0, 0.1) is 0 Å². The smallest absolute Gasteiger partial charge is 0.341 e. The third kappa shape index (κ3) is 3.72. The Balaban J connectivity index is 1.80. The molecule has 1 aliphatic heterocycles. The van der Waals surface area contributed by atoms with Gasteiger partial charge in [0.2, 0.25) is 10.0 Å². The van der Waals surface area contributed by atoms with E-state index in [9.17, 15) is 13.2 Å². The van der Waals surface area contributed by atoms with E-state index in [1.54, 1.807) is 0 Å². The van der Waals surface area contributed by atoms with E-state index in [-0.39, 0.29) is 22.8 Å². The number of carbonyl (C=O) groups excluding carboxylic acids is 1. The van der Waals surface area contributed by atoms with Crippen molar-refractivity contribution in [2.75, 3.05) is 14.2 Å². The number of methoxy groups -OCH3 is 2. The van der Waals surface area contributed by atoms with Crippen LogP contribution in [0.5, 0.6) is 5.75 Å². The molecule has 0 saturated heterocycles. The minimum absolute atomic E-state index is 0.0264. The lowest BCUT2D eigenvalue weighted by molar-refractivity contribution is 0.0597. The van der Waals surface area contributed by atoms with Crippen LogP contribution in [0.25, 0.3) is 0 Å². The molecule has 0 atom stereocenters. The van der Waals surface area contributed by atoms with Gasteiger partial charge < -0.3 is 14.8 Å². The first-order chi connectivity index (χ1) is 12.4. The highest BCUT2D eigenvalue weighted by Gasteiger charge is 2.20. The molecule has 138 valence electrons. The fourth-order valence-electron chi connectivity index (χ4n) is 2.84. The van der Waals surface area contributed by atoms with Gasteiger partial charge in [-0.15, -0.1) is 0 Å². The van der Waals surface area contributed by atoms with E-state index >= 15 is 0 Å². The van der Waals surface area contributed by atoms with Gasteiger partial charge in [0, 0.05) is 19.6 Å². The summed E-state index contributed by atoms with van der Waals surface area (Å²) < 4.78 is 37.5. The van der Waals surface area contributed by atoms with Crippen molar-refractivity contribution in [3.05, 3.63) is 58.7 Å². The van der Waals surface area contributed by atoms with Crippen molar-refractivity contribution >= 4 is 16.0 Å². The molecule has 0 aromatic heterocycles. The van der Waals surface area contributed by atoms with Gasteiger partial charge in [0.1, 0.15) is 11.3 Å². The lowest BCUT2D eigenvalue weighted by Crippen LogP contribution is -2.23. The Labute approximate surface area is 152 Å². The second kappa shape index (κ2) is 7.45. The van der Waals surface area contributed by atoms with E-state index in [0.29, 0.717) is 0 Å². The van der Waals surface area contributed by atoms with Crippen molar-refractivity contribution in [3.63, 3.8) is 0 Å². The van der Waals surface area contributed by atoms with Crippen molar-refractivity contribution in [2.24, 2.45) is 0 Å². The molecule has 2 N–H and O–H groups in total. The third-order valence-electron chi connectivity index (χ3n) is 4.25. The first-order valence-corrected chi connectivity index (χ1v) is 9.50. The Morgan fingerprint density at radius 2 is 1.88 bits per heavy atom. The van der Waals surface area contributed by atoms with Gasteiger partial charge in [-0.1, -0.05) is 18.2 Å². The summed E-state index contributed by atoms with van der Waals surface area (Å²) in [5.41, 5.74) is 3.34. The van der Waals surface area contributed by atoms with E-state index in [1.807, 2.05) is 18.2 Å². The number of hydrogen-bond acceptors (Lipinski definition) is 6. The van der Waals surface area contributed by atoms with Crippen LogP contribution < -0.4 is 14.8 Å². The normalized spacial score (nSPS) is 13.3. The van der Waals surface area contributed by atoms with E-state index in [1.165, 1.54) is 43.5 Å². The number of carbonyl (C=O) groups is 1. The molecule has 0 spiro atoms. The molecule has 8 heteroatoms. The van der Waals surface area contributed by atoms with Crippen LogP contribution in [-0.2, 0) is 34.4 Å². The monoisotopic (exact) mass is 376 g/mol. The number of rotatable bonds is 6. The zero-order chi connectivity index (χ0) is 18.7. The number of fused-ring (bicyclic) bond motifs is 1. The maximum Gasteiger partial charge on any atom is 0.341 e. The molecule has 7 nitrogen and oxygen atoms in total. The van der Waals surface area contributed by atoms with Gasteiger partial charge >= 0.3 is 5.97 Å². The molecule has 0 radical (unpaired) electrons. The minimum Gasteiger partial charge on any atom is -0.496 e. The average molecular weight is 376 g/mol. The van der Waals surface area contributed by atoms with Crippen molar-refractivity contribution in [1.82, 2.24) is 10.0 Å². The Morgan fingerprint density at radius 3 is 2.62 bits per heavy atom. The zero-order valence-electron chi connectivity index (χ0n) is 14.5. The van der Waals surface area contributed by atoms with Crippen molar-refractivity contribution in [3.8, 4) is 5.75 Å². The van der Waals surface area contributed by atoms with Crippen LogP contribution >= 0.6 is 0 Å². The zero-order valence-corrected chi connectivity index (χ0v) is 15.4. The first kappa shape index (κ1) is 18.4. The number of hydrogen-bond donors (Lipinski definition) is 2. The van der Waals surface area contributed by atoms with Crippen LogP contribution in [0.1, 0.15) is 27.0 Å². The molecule has 0 unspecified atom stereocenters. The molecule has 0 fully saturated rings. The minimum atomic E-state index is -3.79. The quantitative estimate of drug-likeness (QED) is 0.743. The SMILES string of the molecule is COC(=O)c1cc(S(=O)(=O)NCc2ccc3c(c2)CNC3)ccc1OC. The van der Waals surface area contributed by atoms with Crippen LogP contribution in [-0.4, -0.2) is 28.6 Å². The fourth-order valence-corrected chi connectivity index (χ4v) is 3.89. The predicted molar refractivity (Wildman–Crippen MR) is 95.3 cm³/mol. The van der Waals surface area contributed by atoms with Gasteiger partial charge in [-0.2, -0.15) is 0 Å². The number of benzene rings is 2. The molecular formula is C18H20N2O5S. The number of esters is 1. The summed E-state index contributed by atoms with van der Waals surface area (Å²) >= 11 is 0. The van der Waals surface area contributed by atoms with E-state index in [4.69, 9.17) is 4.74 Å². The third-order valence-corrected chi connectivity index (χ3v) is 5.65. The summed E-state index contributed by atoms with van der Waals surface area (Å²) in [6.07, 6.45) is 0. The Bertz CT molecular complexity index is 941. The summed E-state index contributed by atoms with van der Waals surface area (Å²) in [5, 5.41) is 3.25. The summed E-state index contributed by atoms with van der Waals surface area (Å²) in [6.45, 7) is 1.79. The molecule has 0 amide bonds. The summed E-state index contributed by atoms with van der Waals surface area (Å²) in [4.78, 5) is 11.8. The lowest BCUT2D eigenvalue weighted by Gasteiger charge is -2.11. The number of ether oxygens (including phenoxy) is 2. The fraction of sp³-hybridized carbons (Fsp3) is 0.278. The molecule has 2 aromatic rings. The molecule has 26 heavy (non-hydrogen) atoms. The molecular weight excluding hydrogens is 356 g/mol. The molecule has 0 aliphatic carbocycles. The van der Waals surface area contributed by atoms with Crippen LogP contribution in [0.2, 0.25) is 0 Å². The largest absolute Gasteiger partial charge is 0.496 e. The maximum atomic E-state index is 12.6. The van der Waals surface area contributed by atoms with E-state index in [0.717, 1.165) is 18.7 Å². The number of sulfonamides is 1. The summed E-state index contributed by atoms with van der Waals surface area (Å²) in [6, 6.07) is 9.97. The van der Waals surface area contributed by atoms with Crippen molar-refractivity contribution in [2.45, 2.75) is 24.5 Å². The van der Waals surface area contributed by atoms with Crippen LogP contribution in [0.4, 0.5) is 0 Å². The van der Waals surface area contributed by atoms with E-state index < -0.39 is 16.0 Å². The summed E-state index contributed by atoms with van der Waals surface area (Å²) in [5.74, 6) is -0.410. The highest BCUT2D eigenvalue weighted by Crippen LogP contribution is 2.23. The van der Waals surface area contributed by atoms with Crippen molar-refractivity contribution in [1.29, 1.82) is 0 Å². The first-order valence-electron chi connectivity index (χ1n) is 8.02. The molecule has 0 saturated carbocycles. The Hall–Kier alpha value is -2.42. The Morgan fingerprint density at radius 1 is 1.12 bits per heavy atom. The highest BCUT2D eigenvalue weighted by molar-refractivity contribution is 7.89. The molecule has 1 heterocycles. The average Bonchev–Trinajstić information content (AvgIpc) is 3.13. The molecule has 2 aromatic carbocycles. The second-order valence-electron chi connectivity index (χ2n) is 5.88. The van der Waals surface area contributed by atoms with Gasteiger partial charge in [-0.3, -0.25) is 0 Å². The second-order valence-corrected chi connectivity index (χ2v) is 7.65. The molecule has 1 aliphatic rings. The van der Waals surface area contributed by atoms with Crippen molar-refractivity contribution < 1.29 is 22.7 Å². The molecule has 3 rings (SSSR count). The van der Waals surface area contributed by atoms with Crippen LogP contribution in [0.3, 0.4) is 0 Å². The number of nitrogens with one attached hydrogen (secondary N) is 2. The van der Waals surface area contributed by atoms with Gasteiger partial charge in [0.15, 0.2) is 0 Å². The Kier molecular flexibility index (Phi) is 5.26. The van der Waals surface area contributed by atoms with Gasteiger partial charge in [-0.25, -0.2) is 17.9 Å². The topological polar surface area (TPSA) is 93.7 Å². The van der Waals surface area contributed by atoms with Gasteiger partial charge in [0.05, 0.1) is 19.1 Å². The standard InChI is InChI=1S/C18H20N2O5S/c1-24-17-6-5-15(8-16(17)18(21)25-2)26(22,23)20-9-12-3-4-13-10-19-11-14(13)7-12/h3-8,19-20H,9-11H2,1-2H3. The van der Waals surface area contributed by atoms with Gasteiger partial charge in [0.25, 0.3) is 0 Å².